The highest BCUT2D eigenvalue weighted by molar-refractivity contribution is 5.81. The Balaban J connectivity index is 2.60. The molecule has 1 aromatic rings. The van der Waals surface area contributed by atoms with Crippen molar-refractivity contribution < 1.29 is 23.5 Å². The van der Waals surface area contributed by atoms with Gasteiger partial charge in [-0.25, -0.2) is 8.78 Å². The molecular weight excluding hydrogens is 318 g/mol. The maximum Gasteiger partial charge on any atom is 0.303 e. The Hall–Kier alpha value is -2.02. The molecule has 1 aromatic carbocycles. The first kappa shape index (κ1) is 20.0. The van der Waals surface area contributed by atoms with Gasteiger partial charge < -0.3 is 16.2 Å². The summed E-state index contributed by atoms with van der Waals surface area (Å²) in [7, 11) is 0. The van der Waals surface area contributed by atoms with E-state index < -0.39 is 29.6 Å². The van der Waals surface area contributed by atoms with Crippen molar-refractivity contribution >= 4 is 11.9 Å². The van der Waals surface area contributed by atoms with Gasteiger partial charge in [-0.1, -0.05) is 19.9 Å². The molecule has 7 heteroatoms. The molecule has 1 amide bonds. The third kappa shape index (κ3) is 6.62. The molecule has 0 aliphatic heterocycles. The number of aliphatic carboxylic acids is 1. The van der Waals surface area contributed by atoms with Crippen LogP contribution in [-0.4, -0.2) is 29.6 Å². The van der Waals surface area contributed by atoms with E-state index in [4.69, 9.17) is 10.8 Å². The van der Waals surface area contributed by atoms with Crippen LogP contribution < -0.4 is 11.1 Å². The third-order valence-corrected chi connectivity index (χ3v) is 3.66. The summed E-state index contributed by atoms with van der Waals surface area (Å²) in [6, 6.07) is 2.34. The number of benzene rings is 1. The number of rotatable bonds is 9. The number of hydrogen-bond acceptors (Lipinski definition) is 3. The van der Waals surface area contributed by atoms with Crippen LogP contribution in [0.5, 0.6) is 0 Å². The molecule has 134 valence electrons. The average Bonchev–Trinajstić information content (AvgIpc) is 2.47. The van der Waals surface area contributed by atoms with Gasteiger partial charge in [-0.05, 0) is 30.4 Å². The fourth-order valence-electron chi connectivity index (χ4n) is 2.57. The fraction of sp³-hybridized carbons (Fsp3) is 0.529. The van der Waals surface area contributed by atoms with Crippen LogP contribution in [0, 0.1) is 23.5 Å². The van der Waals surface area contributed by atoms with Gasteiger partial charge in [0.1, 0.15) is 11.6 Å². The van der Waals surface area contributed by atoms with Crippen LogP contribution in [0.15, 0.2) is 18.2 Å². The second kappa shape index (κ2) is 9.32. The quantitative estimate of drug-likeness (QED) is 0.641. The smallest absolute Gasteiger partial charge is 0.303 e. The summed E-state index contributed by atoms with van der Waals surface area (Å²) >= 11 is 0. The van der Waals surface area contributed by atoms with E-state index >= 15 is 0 Å². The van der Waals surface area contributed by atoms with Crippen LogP contribution in [0.25, 0.3) is 0 Å². The zero-order chi connectivity index (χ0) is 18.3. The van der Waals surface area contributed by atoms with Gasteiger partial charge in [-0.2, -0.15) is 0 Å². The lowest BCUT2D eigenvalue weighted by molar-refractivity contribution is -0.138. The van der Waals surface area contributed by atoms with E-state index in [1.54, 1.807) is 0 Å². The summed E-state index contributed by atoms with van der Waals surface area (Å²) in [6.45, 7) is 4.09. The van der Waals surface area contributed by atoms with Gasteiger partial charge in [0.15, 0.2) is 0 Å². The van der Waals surface area contributed by atoms with Gasteiger partial charge in [0, 0.05) is 24.9 Å². The zero-order valence-corrected chi connectivity index (χ0v) is 13.9. The summed E-state index contributed by atoms with van der Waals surface area (Å²) in [5.74, 6) is -2.93. The lowest BCUT2D eigenvalue weighted by Gasteiger charge is -2.19. The van der Waals surface area contributed by atoms with Gasteiger partial charge in [0.2, 0.25) is 5.91 Å². The predicted molar refractivity (Wildman–Crippen MR) is 86.2 cm³/mol. The van der Waals surface area contributed by atoms with Gasteiger partial charge >= 0.3 is 5.97 Å². The van der Waals surface area contributed by atoms with Gasteiger partial charge in [-0.3, -0.25) is 9.59 Å². The monoisotopic (exact) mass is 342 g/mol. The molecule has 0 unspecified atom stereocenters. The van der Waals surface area contributed by atoms with E-state index in [0.717, 1.165) is 12.1 Å². The maximum absolute atomic E-state index is 13.6. The van der Waals surface area contributed by atoms with Crippen LogP contribution >= 0.6 is 0 Å². The Morgan fingerprint density at radius 3 is 2.33 bits per heavy atom. The lowest BCUT2D eigenvalue weighted by Crippen LogP contribution is -2.44. The molecule has 0 aliphatic rings. The Morgan fingerprint density at radius 1 is 1.25 bits per heavy atom. The number of carbonyl (C=O) groups is 2. The Kier molecular flexibility index (Phi) is 7.78. The minimum absolute atomic E-state index is 0.0599. The maximum atomic E-state index is 13.6. The largest absolute Gasteiger partial charge is 0.481 e. The van der Waals surface area contributed by atoms with Crippen LogP contribution in [0.3, 0.4) is 0 Å². The standard InChI is InChI=1S/C17H24F2N2O3/c1-10(2)6-11(7-16(22)23)9-21-17(24)15(20)8-12-13(18)4-3-5-14(12)19/h3-5,10-11,15H,6-9,20H2,1-2H3,(H,21,24)(H,22,23)/t11-,15+/m0/s1. The molecular formula is C17H24F2N2O3. The van der Waals surface area contributed by atoms with E-state index in [0.29, 0.717) is 6.42 Å². The van der Waals surface area contributed by atoms with E-state index in [1.165, 1.54) is 6.07 Å². The Bertz CT molecular complexity index is 559. The average molecular weight is 342 g/mol. The van der Waals surface area contributed by atoms with Gasteiger partial charge in [0.25, 0.3) is 0 Å². The first-order valence-corrected chi connectivity index (χ1v) is 7.88. The van der Waals surface area contributed by atoms with Crippen LogP contribution in [0.2, 0.25) is 0 Å². The summed E-state index contributed by atoms with van der Waals surface area (Å²) in [5, 5.41) is 11.5. The number of halogens is 2. The van der Waals surface area contributed by atoms with Crippen molar-refractivity contribution in [3.63, 3.8) is 0 Å². The van der Waals surface area contributed by atoms with Gasteiger partial charge in [0.05, 0.1) is 6.04 Å². The molecule has 0 saturated carbocycles. The molecule has 0 fully saturated rings. The highest BCUT2D eigenvalue weighted by Crippen LogP contribution is 2.16. The molecule has 0 radical (unpaired) electrons. The van der Waals surface area contributed by atoms with Crippen molar-refractivity contribution in [3.05, 3.63) is 35.4 Å². The molecule has 2 atom stereocenters. The van der Waals surface area contributed by atoms with Crippen molar-refractivity contribution in [2.45, 2.75) is 39.2 Å². The SMILES string of the molecule is CC(C)C[C@H](CNC(=O)[C@H](N)Cc1c(F)cccc1F)CC(=O)O. The molecule has 0 heterocycles. The number of nitrogens with two attached hydrogens (primary N) is 1. The molecule has 24 heavy (non-hydrogen) atoms. The van der Waals surface area contributed by atoms with Crippen molar-refractivity contribution in [1.82, 2.24) is 5.32 Å². The van der Waals surface area contributed by atoms with E-state index in [2.05, 4.69) is 5.32 Å². The molecule has 4 N–H and O–H groups in total. The lowest BCUT2D eigenvalue weighted by atomic mass is 9.94. The van der Waals surface area contributed by atoms with Crippen molar-refractivity contribution in [3.8, 4) is 0 Å². The van der Waals surface area contributed by atoms with Crippen molar-refractivity contribution in [2.24, 2.45) is 17.6 Å². The minimum atomic E-state index is -1.11. The first-order chi connectivity index (χ1) is 11.2. The number of carboxylic acids is 1. The minimum Gasteiger partial charge on any atom is -0.481 e. The van der Waals surface area contributed by atoms with Crippen molar-refractivity contribution in [1.29, 1.82) is 0 Å². The third-order valence-electron chi connectivity index (χ3n) is 3.66. The molecule has 0 aliphatic carbocycles. The number of carboxylic acid groups (broad SMARTS) is 1. The highest BCUT2D eigenvalue weighted by atomic mass is 19.1. The molecule has 0 aromatic heterocycles. The number of carbonyl (C=O) groups excluding carboxylic acids is 1. The van der Waals surface area contributed by atoms with E-state index in [9.17, 15) is 18.4 Å². The topological polar surface area (TPSA) is 92.4 Å². The Labute approximate surface area is 140 Å². The normalized spacial score (nSPS) is 13.6. The van der Waals surface area contributed by atoms with Gasteiger partial charge in [-0.15, -0.1) is 0 Å². The first-order valence-electron chi connectivity index (χ1n) is 7.88. The van der Waals surface area contributed by atoms with Crippen LogP contribution in [-0.2, 0) is 16.0 Å². The molecule has 0 saturated heterocycles. The van der Waals surface area contributed by atoms with Crippen molar-refractivity contribution in [2.75, 3.05) is 6.54 Å². The summed E-state index contributed by atoms with van der Waals surface area (Å²) in [4.78, 5) is 22.9. The molecule has 5 nitrogen and oxygen atoms in total. The summed E-state index contributed by atoms with van der Waals surface area (Å²) in [6.07, 6.45) is 0.317. The van der Waals surface area contributed by atoms with E-state index in [-0.39, 0.29) is 36.8 Å². The number of hydrogen-bond donors (Lipinski definition) is 3. The number of nitrogens with one attached hydrogen (secondary N) is 1. The Morgan fingerprint density at radius 2 is 1.83 bits per heavy atom. The van der Waals surface area contributed by atoms with E-state index in [1.807, 2.05) is 13.8 Å². The molecule has 1 rings (SSSR count). The number of amides is 1. The predicted octanol–water partition coefficient (Wildman–Crippen LogP) is 2.09. The zero-order valence-electron chi connectivity index (χ0n) is 13.9. The summed E-state index contributed by atoms with van der Waals surface area (Å²) in [5.41, 5.74) is 5.48. The second-order valence-electron chi connectivity index (χ2n) is 6.35. The highest BCUT2D eigenvalue weighted by Gasteiger charge is 2.21. The molecule has 0 spiro atoms. The molecule has 0 bridgehead atoms. The van der Waals surface area contributed by atoms with Crippen LogP contribution in [0.1, 0.15) is 32.3 Å². The summed E-state index contributed by atoms with van der Waals surface area (Å²) < 4.78 is 27.2. The van der Waals surface area contributed by atoms with Crippen LogP contribution in [0.4, 0.5) is 8.78 Å². The fourth-order valence-corrected chi connectivity index (χ4v) is 2.57. The second-order valence-corrected chi connectivity index (χ2v) is 6.35.